The summed E-state index contributed by atoms with van der Waals surface area (Å²) in [5.41, 5.74) is 3.12. The van der Waals surface area contributed by atoms with Gasteiger partial charge in [0.25, 0.3) is 5.56 Å². The summed E-state index contributed by atoms with van der Waals surface area (Å²) in [4.78, 5) is 42.6. The number of aromatic amines is 1. The number of benzene rings is 1. The summed E-state index contributed by atoms with van der Waals surface area (Å²) in [6.07, 6.45) is 4.02. The van der Waals surface area contributed by atoms with E-state index in [1.807, 2.05) is 0 Å². The SMILES string of the molecule is Cc1cc(=O)[nH]c(N/N=C\c2ccc(OC(=O)c3ccco3)cc2OC(=O)c2ccco2)n1. The van der Waals surface area contributed by atoms with Crippen LogP contribution in [0, 0.1) is 6.92 Å². The second-order valence-electron chi connectivity index (χ2n) is 6.54. The number of aryl methyl sites for hydroxylation is 1. The van der Waals surface area contributed by atoms with Gasteiger partial charge in [0.05, 0.1) is 18.7 Å². The lowest BCUT2D eigenvalue weighted by Gasteiger charge is -2.09. The second kappa shape index (κ2) is 9.47. The molecule has 3 aromatic heterocycles. The first-order valence-electron chi connectivity index (χ1n) is 9.50. The van der Waals surface area contributed by atoms with Crippen molar-refractivity contribution >= 4 is 24.1 Å². The standard InChI is InChI=1S/C22H16N4O7/c1-13-10-19(27)25-22(24-13)26-23-12-14-6-7-15(32-20(28)16-4-2-8-30-16)11-18(14)33-21(29)17-5-3-9-31-17/h2-12H,1H3,(H2,24,25,26,27)/b23-12-. The van der Waals surface area contributed by atoms with E-state index in [0.717, 1.165) is 0 Å². The fourth-order valence-corrected chi connectivity index (χ4v) is 2.67. The van der Waals surface area contributed by atoms with E-state index in [4.69, 9.17) is 18.3 Å². The number of anilines is 1. The van der Waals surface area contributed by atoms with Crippen LogP contribution in [0.2, 0.25) is 0 Å². The summed E-state index contributed by atoms with van der Waals surface area (Å²) in [7, 11) is 0. The van der Waals surface area contributed by atoms with Crippen molar-refractivity contribution in [2.45, 2.75) is 6.92 Å². The highest BCUT2D eigenvalue weighted by Crippen LogP contribution is 2.26. The molecule has 11 nitrogen and oxygen atoms in total. The summed E-state index contributed by atoms with van der Waals surface area (Å²) in [6, 6.07) is 11.7. The lowest BCUT2D eigenvalue weighted by molar-refractivity contribution is 0.0698. The number of furan rings is 2. The van der Waals surface area contributed by atoms with Gasteiger partial charge in [-0.25, -0.2) is 20.0 Å². The predicted molar refractivity (Wildman–Crippen MR) is 115 cm³/mol. The molecule has 3 heterocycles. The second-order valence-corrected chi connectivity index (χ2v) is 6.54. The quantitative estimate of drug-likeness (QED) is 0.188. The number of hydrogen-bond acceptors (Lipinski definition) is 10. The molecule has 1 aromatic carbocycles. The molecular formula is C22H16N4O7. The Morgan fingerprint density at radius 2 is 1.73 bits per heavy atom. The van der Waals surface area contributed by atoms with Crippen LogP contribution in [0.4, 0.5) is 5.95 Å². The molecular weight excluding hydrogens is 432 g/mol. The first kappa shape index (κ1) is 21.3. The average molecular weight is 448 g/mol. The van der Waals surface area contributed by atoms with E-state index in [1.54, 1.807) is 19.1 Å². The van der Waals surface area contributed by atoms with Gasteiger partial charge in [-0.15, -0.1) is 0 Å². The Morgan fingerprint density at radius 3 is 2.36 bits per heavy atom. The molecule has 0 atom stereocenters. The number of hydrazone groups is 1. The van der Waals surface area contributed by atoms with Crippen molar-refractivity contribution in [2.75, 3.05) is 5.43 Å². The normalized spacial score (nSPS) is 10.8. The fraction of sp³-hybridized carbons (Fsp3) is 0.0455. The van der Waals surface area contributed by atoms with Crippen LogP contribution in [0.5, 0.6) is 11.5 Å². The number of aromatic nitrogens is 2. The molecule has 0 amide bonds. The number of rotatable bonds is 7. The summed E-state index contributed by atoms with van der Waals surface area (Å²) >= 11 is 0. The third kappa shape index (κ3) is 5.41. The van der Waals surface area contributed by atoms with Crippen molar-refractivity contribution in [3.05, 3.63) is 94.2 Å². The van der Waals surface area contributed by atoms with Crippen LogP contribution in [0.15, 0.2) is 79.8 Å². The molecule has 33 heavy (non-hydrogen) atoms. The monoisotopic (exact) mass is 448 g/mol. The summed E-state index contributed by atoms with van der Waals surface area (Å²) < 4.78 is 20.7. The van der Waals surface area contributed by atoms with E-state index in [9.17, 15) is 14.4 Å². The lowest BCUT2D eigenvalue weighted by Crippen LogP contribution is -2.11. The van der Waals surface area contributed by atoms with E-state index in [0.29, 0.717) is 11.3 Å². The molecule has 11 heteroatoms. The Bertz CT molecular complexity index is 1360. The van der Waals surface area contributed by atoms with Crippen molar-refractivity contribution in [1.29, 1.82) is 0 Å². The number of H-pyrrole nitrogens is 1. The van der Waals surface area contributed by atoms with Gasteiger partial charge in [-0.3, -0.25) is 9.78 Å². The zero-order valence-corrected chi connectivity index (χ0v) is 17.1. The summed E-state index contributed by atoms with van der Waals surface area (Å²) in [5.74, 6) is -1.21. The van der Waals surface area contributed by atoms with Gasteiger partial charge in [0.15, 0.2) is 0 Å². The Kier molecular flexibility index (Phi) is 6.12. The van der Waals surface area contributed by atoms with Crippen molar-refractivity contribution in [3.63, 3.8) is 0 Å². The Balaban J connectivity index is 1.57. The van der Waals surface area contributed by atoms with Gasteiger partial charge in [0.1, 0.15) is 11.5 Å². The molecule has 0 saturated heterocycles. The van der Waals surface area contributed by atoms with Crippen LogP contribution < -0.4 is 20.5 Å². The van der Waals surface area contributed by atoms with Crippen molar-refractivity contribution in [3.8, 4) is 11.5 Å². The minimum atomic E-state index is -0.762. The highest BCUT2D eigenvalue weighted by atomic mass is 16.6. The van der Waals surface area contributed by atoms with Crippen LogP contribution >= 0.6 is 0 Å². The van der Waals surface area contributed by atoms with Crippen molar-refractivity contribution in [2.24, 2.45) is 5.10 Å². The van der Waals surface area contributed by atoms with Crippen LogP contribution in [-0.4, -0.2) is 28.1 Å². The minimum Gasteiger partial charge on any atom is -0.457 e. The molecule has 4 aromatic rings. The highest BCUT2D eigenvalue weighted by Gasteiger charge is 2.17. The fourth-order valence-electron chi connectivity index (χ4n) is 2.67. The summed E-state index contributed by atoms with van der Waals surface area (Å²) in [5, 5.41) is 4.01. The molecule has 0 radical (unpaired) electrons. The molecule has 166 valence electrons. The average Bonchev–Trinajstić information content (AvgIpc) is 3.49. The molecule has 0 aliphatic heterocycles. The molecule has 0 fully saturated rings. The third-order valence-electron chi connectivity index (χ3n) is 4.09. The van der Waals surface area contributed by atoms with Crippen LogP contribution in [0.3, 0.4) is 0 Å². The number of carbonyl (C=O) groups is 2. The van der Waals surface area contributed by atoms with Crippen LogP contribution in [-0.2, 0) is 0 Å². The smallest absolute Gasteiger partial charge is 0.379 e. The molecule has 0 saturated carbocycles. The number of esters is 2. The van der Waals surface area contributed by atoms with Gasteiger partial charge in [-0.05, 0) is 43.3 Å². The van der Waals surface area contributed by atoms with Gasteiger partial charge in [-0.1, -0.05) is 0 Å². The lowest BCUT2D eigenvalue weighted by atomic mass is 10.2. The Hall–Kier alpha value is -4.93. The molecule has 0 aliphatic rings. The van der Waals surface area contributed by atoms with Crippen LogP contribution in [0.1, 0.15) is 32.4 Å². The van der Waals surface area contributed by atoms with E-state index in [1.165, 1.54) is 55.1 Å². The predicted octanol–water partition coefficient (Wildman–Crippen LogP) is 3.15. The van der Waals surface area contributed by atoms with Crippen molar-refractivity contribution < 1.29 is 27.9 Å². The van der Waals surface area contributed by atoms with E-state index >= 15 is 0 Å². The van der Waals surface area contributed by atoms with E-state index in [-0.39, 0.29) is 34.5 Å². The molecule has 0 bridgehead atoms. The van der Waals surface area contributed by atoms with E-state index < -0.39 is 11.9 Å². The van der Waals surface area contributed by atoms with Crippen molar-refractivity contribution in [1.82, 2.24) is 9.97 Å². The molecule has 4 rings (SSSR count). The molecule has 0 spiro atoms. The van der Waals surface area contributed by atoms with E-state index in [2.05, 4.69) is 20.5 Å². The molecule has 0 aliphatic carbocycles. The Morgan fingerprint density at radius 1 is 1.03 bits per heavy atom. The van der Waals surface area contributed by atoms with Gasteiger partial charge in [0.2, 0.25) is 17.5 Å². The maximum absolute atomic E-state index is 12.4. The third-order valence-corrected chi connectivity index (χ3v) is 4.09. The first-order chi connectivity index (χ1) is 16.0. The number of nitrogens with zero attached hydrogens (tertiary/aromatic N) is 2. The maximum Gasteiger partial charge on any atom is 0.379 e. The van der Waals surface area contributed by atoms with Crippen LogP contribution in [0.25, 0.3) is 0 Å². The number of ether oxygens (including phenoxy) is 2. The molecule has 0 unspecified atom stereocenters. The minimum absolute atomic E-state index is 0.0126. The van der Waals surface area contributed by atoms with Gasteiger partial charge in [-0.2, -0.15) is 5.10 Å². The number of nitrogens with one attached hydrogen (secondary N) is 2. The van der Waals surface area contributed by atoms with Gasteiger partial charge < -0.3 is 18.3 Å². The number of hydrogen-bond donors (Lipinski definition) is 2. The number of carbonyl (C=O) groups excluding carboxylic acids is 2. The Labute approximate surface area is 185 Å². The largest absolute Gasteiger partial charge is 0.457 e. The maximum atomic E-state index is 12.4. The zero-order valence-electron chi connectivity index (χ0n) is 17.1. The van der Waals surface area contributed by atoms with Gasteiger partial charge in [0, 0.05) is 23.4 Å². The highest BCUT2D eigenvalue weighted by molar-refractivity contribution is 5.92. The summed E-state index contributed by atoms with van der Waals surface area (Å²) in [6.45, 7) is 1.67. The zero-order chi connectivity index (χ0) is 23.2. The van der Waals surface area contributed by atoms with Gasteiger partial charge >= 0.3 is 11.9 Å². The topological polar surface area (TPSA) is 149 Å². The first-order valence-corrected chi connectivity index (χ1v) is 9.50. The molecule has 2 N–H and O–H groups in total.